The van der Waals surface area contributed by atoms with Gasteiger partial charge in [-0.2, -0.15) is 0 Å². The van der Waals surface area contributed by atoms with E-state index in [1.54, 1.807) is 0 Å². The highest BCUT2D eigenvalue weighted by Gasteiger charge is 2.12. The maximum Gasteiger partial charge on any atom is 0.238 e. The molecule has 2 aromatic carbocycles. The molecule has 0 aliphatic heterocycles. The van der Waals surface area contributed by atoms with E-state index in [1.807, 2.05) is 48.3 Å². The van der Waals surface area contributed by atoms with Crippen LogP contribution in [0.1, 0.15) is 37.3 Å². The summed E-state index contributed by atoms with van der Waals surface area (Å²) in [6, 6.07) is 18.3. The molecule has 0 saturated carbocycles. The molecule has 0 unspecified atom stereocenters. The molecule has 0 bridgehead atoms. The van der Waals surface area contributed by atoms with E-state index in [0.29, 0.717) is 12.5 Å². The number of carbonyl (C=O) groups is 1. The first kappa shape index (κ1) is 17.2. The Labute approximate surface area is 139 Å². The lowest BCUT2D eigenvalue weighted by molar-refractivity contribution is -0.117. The van der Waals surface area contributed by atoms with Crippen LogP contribution in [-0.2, 0) is 11.3 Å². The average Bonchev–Trinajstić information content (AvgIpc) is 2.55. The predicted octanol–water partition coefficient (Wildman–Crippen LogP) is 4.27. The third-order valence-corrected chi connectivity index (χ3v) is 4.09. The zero-order chi connectivity index (χ0) is 16.7. The largest absolute Gasteiger partial charge is 0.325 e. The summed E-state index contributed by atoms with van der Waals surface area (Å²) >= 11 is 0. The number of carbonyl (C=O) groups excluding carboxylic acids is 1. The fourth-order valence-electron chi connectivity index (χ4n) is 2.65. The van der Waals surface area contributed by atoms with Gasteiger partial charge in [-0.3, -0.25) is 9.69 Å². The Balaban J connectivity index is 1.94. The van der Waals surface area contributed by atoms with Gasteiger partial charge < -0.3 is 5.32 Å². The maximum absolute atomic E-state index is 12.3. The van der Waals surface area contributed by atoms with Crippen molar-refractivity contribution in [2.75, 3.05) is 18.9 Å². The van der Waals surface area contributed by atoms with Crippen LogP contribution >= 0.6 is 0 Å². The van der Waals surface area contributed by atoms with E-state index in [4.69, 9.17) is 0 Å². The lowest BCUT2D eigenvalue weighted by atomic mass is 9.97. The number of amides is 1. The maximum atomic E-state index is 12.3. The molecule has 0 fully saturated rings. The monoisotopic (exact) mass is 310 g/mol. The van der Waals surface area contributed by atoms with E-state index in [0.717, 1.165) is 18.7 Å². The summed E-state index contributed by atoms with van der Waals surface area (Å²) in [5.41, 5.74) is 3.34. The second kappa shape index (κ2) is 8.49. The molecule has 0 aromatic heterocycles. The number of rotatable bonds is 7. The zero-order valence-corrected chi connectivity index (χ0v) is 14.3. The van der Waals surface area contributed by atoms with Gasteiger partial charge in [0, 0.05) is 12.2 Å². The van der Waals surface area contributed by atoms with E-state index < -0.39 is 0 Å². The number of hydrogen-bond donors (Lipinski definition) is 1. The second-order valence-corrected chi connectivity index (χ2v) is 6.10. The zero-order valence-electron chi connectivity index (χ0n) is 14.3. The van der Waals surface area contributed by atoms with E-state index in [-0.39, 0.29) is 5.91 Å². The number of para-hydroxylation sites is 1. The van der Waals surface area contributed by atoms with Gasteiger partial charge in [-0.1, -0.05) is 62.4 Å². The lowest BCUT2D eigenvalue weighted by Crippen LogP contribution is -2.30. The first-order valence-electron chi connectivity index (χ1n) is 8.21. The van der Waals surface area contributed by atoms with Crippen LogP contribution in [0, 0.1) is 0 Å². The van der Waals surface area contributed by atoms with Gasteiger partial charge in [0.15, 0.2) is 0 Å². The van der Waals surface area contributed by atoms with Gasteiger partial charge >= 0.3 is 0 Å². The van der Waals surface area contributed by atoms with Crippen LogP contribution in [0.15, 0.2) is 54.6 Å². The summed E-state index contributed by atoms with van der Waals surface area (Å²) in [6.45, 7) is 5.49. The molecule has 1 atom stereocenters. The van der Waals surface area contributed by atoms with Crippen LogP contribution in [0.5, 0.6) is 0 Å². The molecule has 23 heavy (non-hydrogen) atoms. The Kier molecular flexibility index (Phi) is 6.36. The number of benzene rings is 2. The summed E-state index contributed by atoms with van der Waals surface area (Å²) in [7, 11) is 1.97. The Bertz CT molecular complexity index is 625. The van der Waals surface area contributed by atoms with Crippen molar-refractivity contribution in [3.63, 3.8) is 0 Å². The highest BCUT2D eigenvalue weighted by Crippen LogP contribution is 2.26. The summed E-state index contributed by atoms with van der Waals surface area (Å²) in [5.74, 6) is 0.465. The first-order valence-corrected chi connectivity index (χ1v) is 8.21. The van der Waals surface area contributed by atoms with Crippen LogP contribution in [0.3, 0.4) is 0 Å². The summed E-state index contributed by atoms with van der Waals surface area (Å²) in [4.78, 5) is 14.3. The molecule has 0 saturated heterocycles. The third-order valence-electron chi connectivity index (χ3n) is 4.09. The van der Waals surface area contributed by atoms with Crippen molar-refractivity contribution >= 4 is 11.6 Å². The van der Waals surface area contributed by atoms with Crippen molar-refractivity contribution in [1.29, 1.82) is 0 Å². The minimum Gasteiger partial charge on any atom is -0.325 e. The second-order valence-electron chi connectivity index (χ2n) is 6.10. The average molecular weight is 310 g/mol. The lowest BCUT2D eigenvalue weighted by Gasteiger charge is -2.19. The SMILES string of the molecule is CC[C@@H](C)c1ccccc1NC(=O)CN(C)Cc1ccccc1. The summed E-state index contributed by atoms with van der Waals surface area (Å²) in [6.07, 6.45) is 1.06. The van der Waals surface area contributed by atoms with E-state index in [1.165, 1.54) is 11.1 Å². The fourth-order valence-corrected chi connectivity index (χ4v) is 2.65. The number of nitrogens with one attached hydrogen (secondary N) is 1. The van der Waals surface area contributed by atoms with Crippen molar-refractivity contribution in [3.05, 3.63) is 65.7 Å². The quantitative estimate of drug-likeness (QED) is 0.828. The van der Waals surface area contributed by atoms with Crippen LogP contribution < -0.4 is 5.32 Å². The third kappa shape index (κ3) is 5.22. The highest BCUT2D eigenvalue weighted by molar-refractivity contribution is 5.93. The molecule has 0 radical (unpaired) electrons. The molecule has 0 aliphatic carbocycles. The van der Waals surface area contributed by atoms with Crippen molar-refractivity contribution in [1.82, 2.24) is 4.90 Å². The standard InChI is InChI=1S/C20H26N2O/c1-4-16(2)18-12-8-9-13-19(18)21-20(23)15-22(3)14-17-10-6-5-7-11-17/h5-13,16H,4,14-15H2,1-3H3,(H,21,23)/t16-/m1/s1. The Morgan fingerprint density at radius 2 is 1.74 bits per heavy atom. The molecule has 2 aromatic rings. The number of likely N-dealkylation sites (N-methyl/N-ethyl adjacent to an activating group) is 1. The number of anilines is 1. The fraction of sp³-hybridized carbons (Fsp3) is 0.350. The molecule has 3 nitrogen and oxygen atoms in total. The normalized spacial score (nSPS) is 12.2. The van der Waals surface area contributed by atoms with Gasteiger partial charge in [0.25, 0.3) is 0 Å². The molecule has 1 N–H and O–H groups in total. The Hall–Kier alpha value is -2.13. The van der Waals surface area contributed by atoms with Gasteiger partial charge in [-0.25, -0.2) is 0 Å². The molecule has 0 aliphatic rings. The molecule has 2 rings (SSSR count). The topological polar surface area (TPSA) is 32.3 Å². The van der Waals surface area contributed by atoms with Gasteiger partial charge in [0.05, 0.1) is 6.54 Å². The van der Waals surface area contributed by atoms with Gasteiger partial charge in [0.1, 0.15) is 0 Å². The smallest absolute Gasteiger partial charge is 0.238 e. The van der Waals surface area contributed by atoms with Gasteiger partial charge in [-0.15, -0.1) is 0 Å². The predicted molar refractivity (Wildman–Crippen MR) is 96.6 cm³/mol. The first-order chi connectivity index (χ1) is 11.1. The highest BCUT2D eigenvalue weighted by atomic mass is 16.2. The number of hydrogen-bond acceptors (Lipinski definition) is 2. The summed E-state index contributed by atoms with van der Waals surface area (Å²) in [5, 5.41) is 3.06. The Morgan fingerprint density at radius 1 is 1.09 bits per heavy atom. The van der Waals surface area contributed by atoms with E-state index >= 15 is 0 Å². The van der Waals surface area contributed by atoms with Crippen LogP contribution in [0.4, 0.5) is 5.69 Å². The van der Waals surface area contributed by atoms with Gasteiger partial charge in [0.2, 0.25) is 5.91 Å². The van der Waals surface area contributed by atoms with Crippen molar-refractivity contribution in [2.24, 2.45) is 0 Å². The minimum atomic E-state index is 0.0270. The van der Waals surface area contributed by atoms with Crippen LogP contribution in [-0.4, -0.2) is 24.4 Å². The molecule has 122 valence electrons. The van der Waals surface area contributed by atoms with Crippen LogP contribution in [0.25, 0.3) is 0 Å². The van der Waals surface area contributed by atoms with Crippen molar-refractivity contribution < 1.29 is 4.79 Å². The molecule has 0 heterocycles. The minimum absolute atomic E-state index is 0.0270. The molecule has 0 spiro atoms. The van der Waals surface area contributed by atoms with E-state index in [2.05, 4.69) is 37.4 Å². The summed E-state index contributed by atoms with van der Waals surface area (Å²) < 4.78 is 0. The Morgan fingerprint density at radius 3 is 2.43 bits per heavy atom. The van der Waals surface area contributed by atoms with Crippen LogP contribution in [0.2, 0.25) is 0 Å². The van der Waals surface area contributed by atoms with Crippen molar-refractivity contribution in [2.45, 2.75) is 32.7 Å². The molecular weight excluding hydrogens is 284 g/mol. The molecule has 3 heteroatoms. The van der Waals surface area contributed by atoms with Crippen molar-refractivity contribution in [3.8, 4) is 0 Å². The van der Waals surface area contributed by atoms with Gasteiger partial charge in [-0.05, 0) is 36.6 Å². The molecular formula is C20H26N2O. The van der Waals surface area contributed by atoms with E-state index in [9.17, 15) is 4.79 Å². The molecule has 1 amide bonds. The number of nitrogens with zero attached hydrogens (tertiary/aromatic N) is 1.